The number of sulfone groups is 1. The molecule has 0 unspecified atom stereocenters. The Kier molecular flexibility index (Phi) is 5.40. The Balaban J connectivity index is 1.49. The smallest absolute Gasteiger partial charge is 0.210 e. The third-order valence-corrected chi connectivity index (χ3v) is 6.81. The number of tetrazole rings is 2. The molecule has 0 amide bonds. The Morgan fingerprint density at radius 3 is 2.46 bits per heavy atom. The van der Waals surface area contributed by atoms with Crippen LogP contribution in [0.15, 0.2) is 34.3 Å². The molecule has 0 atom stereocenters. The Morgan fingerprint density at radius 2 is 1.75 bits per heavy atom. The van der Waals surface area contributed by atoms with Gasteiger partial charge < -0.3 is 0 Å². The topological polar surface area (TPSA) is 121 Å². The number of hydrogen-bond donors (Lipinski definition) is 0. The molecule has 0 radical (unpaired) electrons. The molecular weight excluding hydrogens is 400 g/mol. The molecule has 0 bridgehead atoms. The van der Waals surface area contributed by atoms with Crippen molar-refractivity contribution in [1.29, 1.82) is 0 Å². The average Bonchev–Trinajstić information content (AvgIpc) is 3.36. The Morgan fingerprint density at radius 1 is 1.04 bits per heavy atom. The van der Waals surface area contributed by atoms with Crippen molar-refractivity contribution in [2.24, 2.45) is 0 Å². The van der Waals surface area contributed by atoms with Crippen LogP contribution in [0.3, 0.4) is 0 Å². The molecular formula is C16H20N8O2S2. The summed E-state index contributed by atoms with van der Waals surface area (Å²) in [6, 6.07) is 6.82. The largest absolute Gasteiger partial charge is 0.224 e. The molecule has 1 fully saturated rings. The summed E-state index contributed by atoms with van der Waals surface area (Å²) in [4.78, 5) is 0.256. The highest BCUT2D eigenvalue weighted by atomic mass is 32.2. The zero-order valence-electron chi connectivity index (χ0n) is 15.3. The first-order valence-corrected chi connectivity index (χ1v) is 11.9. The van der Waals surface area contributed by atoms with E-state index >= 15 is 0 Å². The van der Waals surface area contributed by atoms with Crippen LogP contribution < -0.4 is 0 Å². The van der Waals surface area contributed by atoms with Gasteiger partial charge in [0.2, 0.25) is 5.16 Å². The minimum atomic E-state index is -3.24. The lowest BCUT2D eigenvalue weighted by Crippen LogP contribution is -2.15. The second-order valence-electron chi connectivity index (χ2n) is 6.76. The predicted octanol–water partition coefficient (Wildman–Crippen LogP) is 1.85. The van der Waals surface area contributed by atoms with Crippen LogP contribution >= 0.6 is 11.8 Å². The standard InChI is InChI=1S/C16H20N8O2S2/c1-28(25,26)14-9-7-13(8-10-14)23-15(17-19-21-23)11-27-16-18-20-22-24(16)12-5-3-2-4-6-12/h7-10,12H,2-6,11H2,1H3. The summed E-state index contributed by atoms with van der Waals surface area (Å²) in [6.45, 7) is 0. The van der Waals surface area contributed by atoms with Crippen molar-refractivity contribution in [1.82, 2.24) is 40.4 Å². The molecule has 1 aromatic carbocycles. The fourth-order valence-electron chi connectivity index (χ4n) is 3.30. The number of thioether (sulfide) groups is 1. The van der Waals surface area contributed by atoms with Crippen LogP contribution in [0.4, 0.5) is 0 Å². The molecule has 1 aliphatic carbocycles. The van der Waals surface area contributed by atoms with Gasteiger partial charge in [-0.3, -0.25) is 0 Å². The van der Waals surface area contributed by atoms with E-state index in [9.17, 15) is 8.42 Å². The Bertz CT molecular complexity index is 1040. The van der Waals surface area contributed by atoms with Gasteiger partial charge in [-0.2, -0.15) is 4.68 Å². The highest BCUT2D eigenvalue weighted by Gasteiger charge is 2.21. The summed E-state index contributed by atoms with van der Waals surface area (Å²) in [7, 11) is -3.24. The lowest BCUT2D eigenvalue weighted by molar-refractivity contribution is 0.307. The zero-order chi connectivity index (χ0) is 19.6. The molecule has 2 aromatic heterocycles. The predicted molar refractivity (Wildman–Crippen MR) is 102 cm³/mol. The van der Waals surface area contributed by atoms with Crippen molar-refractivity contribution < 1.29 is 8.42 Å². The van der Waals surface area contributed by atoms with Gasteiger partial charge in [-0.25, -0.2) is 13.1 Å². The number of rotatable bonds is 6. The molecule has 0 spiro atoms. The van der Waals surface area contributed by atoms with E-state index in [1.807, 2.05) is 4.68 Å². The SMILES string of the molecule is CS(=O)(=O)c1ccc(-n2nnnc2CSc2nnnn2C2CCCCC2)cc1. The van der Waals surface area contributed by atoms with Crippen molar-refractivity contribution >= 4 is 21.6 Å². The van der Waals surface area contributed by atoms with Crippen molar-refractivity contribution in [2.45, 2.75) is 54.0 Å². The molecule has 1 aliphatic rings. The number of nitrogens with zero attached hydrogens (tertiary/aromatic N) is 8. The van der Waals surface area contributed by atoms with Gasteiger partial charge >= 0.3 is 0 Å². The first-order chi connectivity index (χ1) is 13.5. The van der Waals surface area contributed by atoms with Gasteiger partial charge in [0.25, 0.3) is 0 Å². The van der Waals surface area contributed by atoms with E-state index < -0.39 is 9.84 Å². The summed E-state index contributed by atoms with van der Waals surface area (Å²) in [5, 5.41) is 24.8. The fourth-order valence-corrected chi connectivity index (χ4v) is 4.78. The van der Waals surface area contributed by atoms with Crippen LogP contribution in [0.5, 0.6) is 0 Å². The van der Waals surface area contributed by atoms with Crippen LogP contribution in [0.1, 0.15) is 44.0 Å². The van der Waals surface area contributed by atoms with Crippen LogP contribution in [0, 0.1) is 0 Å². The van der Waals surface area contributed by atoms with E-state index in [-0.39, 0.29) is 4.90 Å². The third-order valence-electron chi connectivity index (χ3n) is 4.76. The molecule has 12 heteroatoms. The van der Waals surface area contributed by atoms with E-state index in [0.29, 0.717) is 23.3 Å². The van der Waals surface area contributed by atoms with Gasteiger partial charge in [0, 0.05) is 6.26 Å². The van der Waals surface area contributed by atoms with Gasteiger partial charge in [-0.15, -0.1) is 10.2 Å². The highest BCUT2D eigenvalue weighted by Crippen LogP contribution is 2.31. The molecule has 4 rings (SSSR count). The Labute approximate surface area is 166 Å². The van der Waals surface area contributed by atoms with Gasteiger partial charge in [-0.1, -0.05) is 31.0 Å². The Hall–Kier alpha value is -2.34. The summed E-state index contributed by atoms with van der Waals surface area (Å²) >= 11 is 1.49. The van der Waals surface area contributed by atoms with Crippen molar-refractivity contribution in [3.8, 4) is 5.69 Å². The van der Waals surface area contributed by atoms with Gasteiger partial charge in [0.15, 0.2) is 15.7 Å². The van der Waals surface area contributed by atoms with E-state index in [1.54, 1.807) is 28.9 Å². The molecule has 148 valence electrons. The maximum Gasteiger partial charge on any atom is 0.210 e. The van der Waals surface area contributed by atoms with E-state index in [0.717, 1.165) is 18.0 Å². The van der Waals surface area contributed by atoms with E-state index in [4.69, 9.17) is 0 Å². The van der Waals surface area contributed by atoms with Crippen molar-refractivity contribution in [3.05, 3.63) is 30.1 Å². The van der Waals surface area contributed by atoms with Crippen molar-refractivity contribution in [3.63, 3.8) is 0 Å². The molecule has 0 aliphatic heterocycles. The second kappa shape index (κ2) is 7.95. The molecule has 2 heterocycles. The highest BCUT2D eigenvalue weighted by molar-refractivity contribution is 7.98. The van der Waals surface area contributed by atoms with Gasteiger partial charge in [0.1, 0.15) is 0 Å². The maximum atomic E-state index is 11.6. The van der Waals surface area contributed by atoms with Gasteiger partial charge in [0.05, 0.1) is 22.4 Å². The number of aromatic nitrogens is 8. The summed E-state index contributed by atoms with van der Waals surface area (Å²) in [5.41, 5.74) is 0.694. The zero-order valence-corrected chi connectivity index (χ0v) is 17.0. The second-order valence-corrected chi connectivity index (χ2v) is 9.72. The van der Waals surface area contributed by atoms with Crippen LogP contribution in [0.25, 0.3) is 5.69 Å². The number of hydrogen-bond acceptors (Lipinski definition) is 9. The minimum Gasteiger partial charge on any atom is -0.224 e. The van der Waals surface area contributed by atoms with Crippen LogP contribution in [-0.4, -0.2) is 55.1 Å². The maximum absolute atomic E-state index is 11.6. The molecule has 3 aromatic rings. The van der Waals surface area contributed by atoms with Crippen LogP contribution in [0.2, 0.25) is 0 Å². The quantitative estimate of drug-likeness (QED) is 0.550. The lowest BCUT2D eigenvalue weighted by atomic mass is 9.96. The molecule has 10 nitrogen and oxygen atoms in total. The summed E-state index contributed by atoms with van der Waals surface area (Å²) in [5.74, 6) is 1.13. The average molecular weight is 421 g/mol. The molecule has 0 N–H and O–H groups in total. The minimum absolute atomic E-state index is 0.256. The molecule has 0 saturated heterocycles. The normalized spacial score (nSPS) is 15.8. The number of benzene rings is 1. The lowest BCUT2D eigenvalue weighted by Gasteiger charge is -2.21. The molecule has 1 saturated carbocycles. The monoisotopic (exact) mass is 420 g/mol. The molecule has 28 heavy (non-hydrogen) atoms. The fraction of sp³-hybridized carbons (Fsp3) is 0.500. The van der Waals surface area contributed by atoms with E-state index in [1.165, 1.54) is 37.3 Å². The summed E-state index contributed by atoms with van der Waals surface area (Å²) < 4.78 is 26.8. The van der Waals surface area contributed by atoms with E-state index in [2.05, 4.69) is 31.1 Å². The van der Waals surface area contributed by atoms with Crippen molar-refractivity contribution in [2.75, 3.05) is 6.26 Å². The first-order valence-electron chi connectivity index (χ1n) is 9.01. The first kappa shape index (κ1) is 19.0. The van der Waals surface area contributed by atoms with Gasteiger partial charge in [-0.05, 0) is 58.0 Å². The summed E-state index contributed by atoms with van der Waals surface area (Å²) in [6.07, 6.45) is 7.06. The third kappa shape index (κ3) is 4.07. The van der Waals surface area contributed by atoms with Crippen LogP contribution in [-0.2, 0) is 15.6 Å².